The van der Waals surface area contributed by atoms with Crippen molar-refractivity contribution in [2.45, 2.75) is 52.4 Å². The number of sulfone groups is 1. The zero-order valence-electron chi connectivity index (χ0n) is 9.63. The first kappa shape index (κ1) is 15.2. The molecule has 0 radical (unpaired) electrons. The van der Waals surface area contributed by atoms with E-state index in [-0.39, 0.29) is 4.66 Å². The summed E-state index contributed by atoms with van der Waals surface area (Å²) in [5, 5.41) is 0. The van der Waals surface area contributed by atoms with Gasteiger partial charge in [0.1, 0.15) is 4.66 Å². The lowest BCUT2D eigenvalue weighted by atomic mass is 10.2. The maximum atomic E-state index is 11.7. The third kappa shape index (κ3) is 6.36. The van der Waals surface area contributed by atoms with Gasteiger partial charge in [-0.2, -0.15) is 0 Å². The molecule has 0 rings (SSSR count). The number of unbranched alkanes of at least 4 members (excludes halogenated alkanes) is 3. The summed E-state index contributed by atoms with van der Waals surface area (Å²) in [6.45, 7) is 4.18. The lowest BCUT2D eigenvalue weighted by Crippen LogP contribution is -2.05. The van der Waals surface area contributed by atoms with Gasteiger partial charge < -0.3 is 0 Å². The highest BCUT2D eigenvalue weighted by Gasteiger charge is 2.14. The van der Waals surface area contributed by atoms with Gasteiger partial charge in [-0.25, -0.2) is 8.42 Å². The second-order valence-corrected chi connectivity index (χ2v) is 6.99. The molecule has 0 aliphatic rings. The van der Waals surface area contributed by atoms with Crippen LogP contribution in [0.4, 0.5) is 0 Å². The molecule has 0 aromatic rings. The summed E-state index contributed by atoms with van der Waals surface area (Å²) in [5.74, 6) is 0. The average molecular weight is 297 g/mol. The molecule has 4 heteroatoms. The molecule has 0 aliphatic carbocycles. The van der Waals surface area contributed by atoms with Crippen molar-refractivity contribution in [2.75, 3.05) is 4.66 Å². The van der Waals surface area contributed by atoms with Gasteiger partial charge in [-0.1, -0.05) is 55.1 Å². The minimum Gasteiger partial charge on any atom is -0.223 e. The van der Waals surface area contributed by atoms with Crippen molar-refractivity contribution in [3.8, 4) is 0 Å². The van der Waals surface area contributed by atoms with E-state index >= 15 is 0 Å². The largest absolute Gasteiger partial charge is 0.223 e. The van der Waals surface area contributed by atoms with E-state index in [1.807, 2.05) is 6.08 Å². The first-order valence-electron chi connectivity index (χ1n) is 5.56. The van der Waals surface area contributed by atoms with Crippen LogP contribution in [0, 0.1) is 0 Å². The van der Waals surface area contributed by atoms with Crippen LogP contribution in [-0.4, -0.2) is 13.1 Å². The van der Waals surface area contributed by atoms with Gasteiger partial charge in [0.25, 0.3) is 0 Å². The minimum atomic E-state index is -3.04. The molecule has 2 nitrogen and oxygen atoms in total. The molecule has 0 amide bonds. The van der Waals surface area contributed by atoms with Crippen LogP contribution in [0.15, 0.2) is 11.0 Å². The molecule has 0 fully saturated rings. The highest BCUT2D eigenvalue weighted by Crippen LogP contribution is 2.18. The summed E-state index contributed by atoms with van der Waals surface area (Å²) < 4.78 is 23.4. The van der Waals surface area contributed by atoms with E-state index in [2.05, 4.69) is 29.8 Å². The second kappa shape index (κ2) is 8.34. The van der Waals surface area contributed by atoms with Gasteiger partial charge in [0.2, 0.25) is 0 Å². The number of alkyl halides is 1. The summed E-state index contributed by atoms with van der Waals surface area (Å²) >= 11 is 3.04. The van der Waals surface area contributed by atoms with E-state index in [9.17, 15) is 8.42 Å². The molecule has 0 unspecified atom stereocenters. The van der Waals surface area contributed by atoms with E-state index in [4.69, 9.17) is 0 Å². The van der Waals surface area contributed by atoms with Crippen molar-refractivity contribution in [1.82, 2.24) is 0 Å². The Hall–Kier alpha value is 0.170. The Morgan fingerprint density at radius 2 is 1.80 bits per heavy atom. The van der Waals surface area contributed by atoms with Crippen molar-refractivity contribution in [3.63, 3.8) is 0 Å². The van der Waals surface area contributed by atoms with Crippen LogP contribution in [-0.2, 0) is 9.84 Å². The predicted octanol–water partition coefficient (Wildman–Crippen LogP) is 4.02. The molecular weight excluding hydrogens is 276 g/mol. The molecule has 0 bridgehead atoms. The van der Waals surface area contributed by atoms with Crippen LogP contribution in [0.1, 0.15) is 52.4 Å². The van der Waals surface area contributed by atoms with Gasteiger partial charge in [-0.3, -0.25) is 0 Å². The van der Waals surface area contributed by atoms with E-state index < -0.39 is 9.84 Å². The molecule has 0 aromatic carbocycles. The van der Waals surface area contributed by atoms with Crippen molar-refractivity contribution in [3.05, 3.63) is 11.0 Å². The second-order valence-electron chi connectivity index (χ2n) is 3.64. The van der Waals surface area contributed by atoms with Crippen molar-refractivity contribution in [2.24, 2.45) is 0 Å². The molecule has 0 aliphatic heterocycles. The highest BCUT2D eigenvalue weighted by atomic mass is 79.9. The van der Waals surface area contributed by atoms with Gasteiger partial charge in [0.05, 0.1) is 0 Å². The summed E-state index contributed by atoms with van der Waals surface area (Å²) in [6.07, 6.45) is 7.61. The Kier molecular flexibility index (Phi) is 8.43. The van der Waals surface area contributed by atoms with Crippen LogP contribution in [0.25, 0.3) is 0 Å². The van der Waals surface area contributed by atoms with E-state index in [1.165, 1.54) is 0 Å². The molecule has 0 saturated heterocycles. The third-order valence-electron chi connectivity index (χ3n) is 2.25. The van der Waals surface area contributed by atoms with Crippen LogP contribution in [0.3, 0.4) is 0 Å². The highest BCUT2D eigenvalue weighted by molar-refractivity contribution is 9.10. The normalized spacial score (nSPS) is 13.1. The van der Waals surface area contributed by atoms with E-state index in [1.54, 1.807) is 0 Å². The first-order chi connectivity index (χ1) is 7.08. The molecule has 0 N–H and O–H groups in total. The number of hydrogen-bond donors (Lipinski definition) is 0. The number of allylic oxidation sites excluding steroid dienone is 2. The van der Waals surface area contributed by atoms with Crippen molar-refractivity contribution < 1.29 is 8.42 Å². The van der Waals surface area contributed by atoms with Gasteiger partial charge in [-0.15, -0.1) is 0 Å². The Bertz CT molecular complexity index is 281. The fourth-order valence-electron chi connectivity index (χ4n) is 1.27. The summed E-state index contributed by atoms with van der Waals surface area (Å²) in [4.78, 5) is 0.620. The SMILES string of the molecule is CCCCC=C(CCCC)S(=O)(=O)CBr. The minimum absolute atomic E-state index is 0.0433. The number of hydrogen-bond acceptors (Lipinski definition) is 2. The van der Waals surface area contributed by atoms with Crippen LogP contribution < -0.4 is 0 Å². The van der Waals surface area contributed by atoms with E-state index in [0.29, 0.717) is 11.3 Å². The predicted molar refractivity (Wildman–Crippen MR) is 69.8 cm³/mol. The number of halogens is 1. The molecule has 0 aromatic heterocycles. The summed E-state index contributed by atoms with van der Waals surface area (Å²) in [5.41, 5.74) is 0. The topological polar surface area (TPSA) is 34.1 Å². The third-order valence-corrected chi connectivity index (χ3v) is 5.51. The zero-order valence-corrected chi connectivity index (χ0v) is 12.0. The van der Waals surface area contributed by atoms with Crippen LogP contribution in [0.2, 0.25) is 0 Å². The summed E-state index contributed by atoms with van der Waals surface area (Å²) in [6, 6.07) is 0. The van der Waals surface area contributed by atoms with Gasteiger partial charge >= 0.3 is 0 Å². The molecule has 0 spiro atoms. The first-order valence-corrected chi connectivity index (χ1v) is 8.33. The zero-order chi connectivity index (χ0) is 11.7. The Labute approximate surface area is 102 Å². The van der Waals surface area contributed by atoms with Gasteiger partial charge in [0, 0.05) is 4.91 Å². The standard InChI is InChI=1S/C11H21BrO2S/c1-3-5-7-9-11(8-6-4-2)15(13,14)10-12/h9H,3-8,10H2,1-2H3. The molecule has 0 saturated carbocycles. The fraction of sp³-hybridized carbons (Fsp3) is 0.818. The molecular formula is C11H21BrO2S. The average Bonchev–Trinajstić information content (AvgIpc) is 2.23. The Morgan fingerprint density at radius 3 is 2.27 bits per heavy atom. The lowest BCUT2D eigenvalue weighted by molar-refractivity contribution is 0.603. The summed E-state index contributed by atoms with van der Waals surface area (Å²) in [7, 11) is -3.04. The molecule has 90 valence electrons. The molecule has 15 heavy (non-hydrogen) atoms. The Morgan fingerprint density at radius 1 is 1.20 bits per heavy atom. The fourth-order valence-corrected chi connectivity index (χ4v) is 3.12. The van der Waals surface area contributed by atoms with Gasteiger partial charge in [-0.05, 0) is 19.3 Å². The smallest absolute Gasteiger partial charge is 0.184 e. The Balaban J connectivity index is 4.50. The molecule has 0 heterocycles. The lowest BCUT2D eigenvalue weighted by Gasteiger charge is -2.06. The molecule has 0 atom stereocenters. The van der Waals surface area contributed by atoms with Crippen LogP contribution in [0.5, 0.6) is 0 Å². The van der Waals surface area contributed by atoms with Crippen LogP contribution >= 0.6 is 15.9 Å². The maximum Gasteiger partial charge on any atom is 0.184 e. The van der Waals surface area contributed by atoms with Gasteiger partial charge in [0.15, 0.2) is 9.84 Å². The monoisotopic (exact) mass is 296 g/mol. The van der Waals surface area contributed by atoms with Crippen molar-refractivity contribution >= 4 is 25.8 Å². The number of rotatable bonds is 8. The van der Waals surface area contributed by atoms with Crippen molar-refractivity contribution in [1.29, 1.82) is 0 Å². The van der Waals surface area contributed by atoms with E-state index in [0.717, 1.165) is 32.1 Å². The quantitative estimate of drug-likeness (QED) is 0.501. The maximum absolute atomic E-state index is 11.7.